The number of hydrogen-bond donors (Lipinski definition) is 0. The smallest absolute Gasteiger partial charge is 0.218 e. The van der Waals surface area contributed by atoms with E-state index in [1.165, 1.54) is 5.69 Å². The second kappa shape index (κ2) is 8.35. The van der Waals surface area contributed by atoms with E-state index in [2.05, 4.69) is 23.4 Å². The van der Waals surface area contributed by atoms with Crippen LogP contribution < -0.4 is 0 Å². The molecule has 0 radical (unpaired) electrons. The minimum absolute atomic E-state index is 0.0874. The van der Waals surface area contributed by atoms with Gasteiger partial charge in [0.15, 0.2) is 0 Å². The van der Waals surface area contributed by atoms with Crippen LogP contribution in [0.25, 0.3) is 0 Å². The van der Waals surface area contributed by atoms with E-state index in [1.807, 2.05) is 36.5 Å². The molecule has 2 heterocycles. The van der Waals surface area contributed by atoms with E-state index in [0.717, 1.165) is 43.6 Å². The first-order chi connectivity index (χ1) is 12.5. The molecule has 1 unspecified atom stereocenters. The van der Waals surface area contributed by atoms with E-state index in [-0.39, 0.29) is 5.75 Å². The Hall–Kier alpha value is -1.66. The summed E-state index contributed by atoms with van der Waals surface area (Å²) in [6, 6.07) is 9.44. The zero-order valence-electron chi connectivity index (χ0n) is 15.8. The Balaban J connectivity index is 1.67. The van der Waals surface area contributed by atoms with Crippen molar-refractivity contribution in [2.24, 2.45) is 5.92 Å². The Bertz CT molecular complexity index is 815. The van der Waals surface area contributed by atoms with Gasteiger partial charge in [-0.25, -0.2) is 17.7 Å². The second-order valence-electron chi connectivity index (χ2n) is 7.28. The van der Waals surface area contributed by atoms with Gasteiger partial charge in [0.2, 0.25) is 10.0 Å². The molecule has 1 fully saturated rings. The Morgan fingerprint density at radius 2 is 2.00 bits per heavy atom. The number of rotatable bonds is 7. The van der Waals surface area contributed by atoms with Crippen LogP contribution in [0.2, 0.25) is 0 Å². The van der Waals surface area contributed by atoms with E-state index < -0.39 is 10.0 Å². The molecular weight excluding hydrogens is 346 g/mol. The molecule has 2 aromatic rings. The Morgan fingerprint density at radius 3 is 2.73 bits per heavy atom. The molecule has 0 N–H and O–H groups in total. The van der Waals surface area contributed by atoms with Crippen molar-refractivity contribution in [3.05, 3.63) is 53.6 Å². The first-order valence-electron chi connectivity index (χ1n) is 9.52. The predicted molar refractivity (Wildman–Crippen MR) is 104 cm³/mol. The molecule has 3 rings (SSSR count). The summed E-state index contributed by atoms with van der Waals surface area (Å²) in [6.07, 6.45) is 5.84. The Morgan fingerprint density at radius 1 is 1.23 bits per heavy atom. The molecule has 0 bridgehead atoms. The minimum atomic E-state index is -3.27. The van der Waals surface area contributed by atoms with E-state index in [0.29, 0.717) is 19.0 Å². The molecule has 1 saturated heterocycles. The zero-order chi connectivity index (χ0) is 18.6. The summed E-state index contributed by atoms with van der Waals surface area (Å²) in [7, 11) is -3.27. The van der Waals surface area contributed by atoms with Crippen LogP contribution in [0, 0.1) is 12.8 Å². The minimum Gasteiger partial charge on any atom is -0.332 e. The average molecular weight is 376 g/mol. The molecule has 0 spiro atoms. The normalized spacial score (nSPS) is 18.9. The topological polar surface area (TPSA) is 55.2 Å². The third kappa shape index (κ3) is 4.54. The molecule has 1 atom stereocenters. The molecule has 1 aliphatic rings. The van der Waals surface area contributed by atoms with Gasteiger partial charge in [-0.1, -0.05) is 37.3 Å². The highest BCUT2D eigenvalue weighted by Crippen LogP contribution is 2.24. The summed E-state index contributed by atoms with van der Waals surface area (Å²) in [5.41, 5.74) is 2.04. The van der Waals surface area contributed by atoms with Crippen molar-refractivity contribution in [1.29, 1.82) is 0 Å². The molecule has 1 aromatic carbocycles. The lowest BCUT2D eigenvalue weighted by Gasteiger charge is -2.32. The van der Waals surface area contributed by atoms with Gasteiger partial charge in [-0.15, -0.1) is 0 Å². The van der Waals surface area contributed by atoms with Gasteiger partial charge in [-0.2, -0.15) is 0 Å². The highest BCUT2D eigenvalue weighted by atomic mass is 32.2. The number of aromatic nitrogens is 2. The average Bonchev–Trinajstić information content (AvgIpc) is 2.96. The Labute approximate surface area is 157 Å². The summed E-state index contributed by atoms with van der Waals surface area (Å²) in [5.74, 6) is 1.52. The lowest BCUT2D eigenvalue weighted by molar-refractivity contribution is 0.261. The molecular formula is C20H29N3O2S. The van der Waals surface area contributed by atoms with Gasteiger partial charge in [0, 0.05) is 37.9 Å². The number of nitrogens with zero attached hydrogens (tertiary/aromatic N) is 3. The number of benzene rings is 1. The van der Waals surface area contributed by atoms with E-state index in [1.54, 1.807) is 4.31 Å². The van der Waals surface area contributed by atoms with Crippen molar-refractivity contribution < 1.29 is 8.42 Å². The summed E-state index contributed by atoms with van der Waals surface area (Å²) in [4.78, 5) is 4.58. The van der Waals surface area contributed by atoms with Gasteiger partial charge in [-0.05, 0) is 37.7 Å². The maximum atomic E-state index is 12.8. The van der Waals surface area contributed by atoms with Crippen LogP contribution in [0.1, 0.15) is 43.3 Å². The summed E-state index contributed by atoms with van der Waals surface area (Å²) in [6.45, 7) is 6.47. The van der Waals surface area contributed by atoms with Crippen LogP contribution in [0.3, 0.4) is 0 Å². The maximum absolute atomic E-state index is 12.8. The summed E-state index contributed by atoms with van der Waals surface area (Å²) >= 11 is 0. The van der Waals surface area contributed by atoms with Crippen molar-refractivity contribution >= 4 is 10.0 Å². The largest absolute Gasteiger partial charge is 0.332 e. The molecule has 26 heavy (non-hydrogen) atoms. The molecule has 6 heteroatoms. The van der Waals surface area contributed by atoms with Crippen molar-refractivity contribution in [2.75, 3.05) is 13.1 Å². The van der Waals surface area contributed by atoms with Crippen molar-refractivity contribution in [1.82, 2.24) is 13.9 Å². The van der Waals surface area contributed by atoms with Gasteiger partial charge < -0.3 is 4.57 Å². The van der Waals surface area contributed by atoms with Gasteiger partial charge in [0.05, 0.1) is 5.75 Å². The molecule has 1 aromatic heterocycles. The molecule has 1 aliphatic heterocycles. The fourth-order valence-corrected chi connectivity index (χ4v) is 5.42. The van der Waals surface area contributed by atoms with Crippen molar-refractivity contribution in [2.45, 2.75) is 51.8 Å². The van der Waals surface area contributed by atoms with Gasteiger partial charge >= 0.3 is 0 Å². The van der Waals surface area contributed by atoms with Gasteiger partial charge in [0.25, 0.3) is 0 Å². The lowest BCUT2D eigenvalue weighted by Crippen LogP contribution is -2.41. The number of piperidine rings is 1. The fraction of sp³-hybridized carbons (Fsp3) is 0.550. The third-order valence-corrected chi connectivity index (χ3v) is 6.94. The number of imidazole rings is 1. The predicted octanol–water partition coefficient (Wildman–Crippen LogP) is 3.39. The summed E-state index contributed by atoms with van der Waals surface area (Å²) in [5, 5.41) is 0. The molecule has 0 aliphatic carbocycles. The molecule has 142 valence electrons. The zero-order valence-corrected chi connectivity index (χ0v) is 16.6. The van der Waals surface area contributed by atoms with Crippen LogP contribution in [-0.2, 0) is 28.7 Å². The van der Waals surface area contributed by atoms with Crippen molar-refractivity contribution in [3.8, 4) is 0 Å². The fourth-order valence-electron chi connectivity index (χ4n) is 3.78. The van der Waals surface area contributed by atoms with Gasteiger partial charge in [-0.3, -0.25) is 0 Å². The lowest BCUT2D eigenvalue weighted by atomic mass is 9.96. The third-order valence-electron chi connectivity index (χ3n) is 5.12. The highest BCUT2D eigenvalue weighted by Gasteiger charge is 2.29. The SMILES string of the molecule is CCCn1c(C)cnc1CC1CCCN(S(=O)(=O)Cc2ccccc2)C1. The number of hydrogen-bond acceptors (Lipinski definition) is 3. The number of sulfonamides is 1. The van der Waals surface area contributed by atoms with E-state index in [4.69, 9.17) is 0 Å². The quantitative estimate of drug-likeness (QED) is 0.745. The van der Waals surface area contributed by atoms with Crippen molar-refractivity contribution in [3.63, 3.8) is 0 Å². The van der Waals surface area contributed by atoms with E-state index in [9.17, 15) is 8.42 Å². The highest BCUT2D eigenvalue weighted by molar-refractivity contribution is 7.88. The monoisotopic (exact) mass is 375 g/mol. The Kier molecular flexibility index (Phi) is 6.14. The van der Waals surface area contributed by atoms with Crippen LogP contribution in [-0.4, -0.2) is 35.4 Å². The summed E-state index contributed by atoms with van der Waals surface area (Å²) < 4.78 is 29.6. The standard InChI is InChI=1S/C20H29N3O2S/c1-3-11-23-17(2)14-21-20(23)13-19-10-7-12-22(15-19)26(24,25)16-18-8-5-4-6-9-18/h4-6,8-9,14,19H,3,7,10-13,15-16H2,1-2H3. The molecule has 0 amide bonds. The first kappa shape index (κ1) is 19.1. The molecule has 5 nitrogen and oxygen atoms in total. The van der Waals surface area contributed by atoms with Crippen LogP contribution in [0.15, 0.2) is 36.5 Å². The van der Waals surface area contributed by atoms with Gasteiger partial charge in [0.1, 0.15) is 5.82 Å². The maximum Gasteiger partial charge on any atom is 0.218 e. The molecule has 0 saturated carbocycles. The second-order valence-corrected chi connectivity index (χ2v) is 9.25. The van der Waals surface area contributed by atoms with Crippen LogP contribution >= 0.6 is 0 Å². The van der Waals surface area contributed by atoms with E-state index >= 15 is 0 Å². The van der Waals surface area contributed by atoms with Crippen LogP contribution in [0.5, 0.6) is 0 Å². The first-order valence-corrected chi connectivity index (χ1v) is 11.1. The van der Waals surface area contributed by atoms with Crippen LogP contribution in [0.4, 0.5) is 0 Å². The number of aryl methyl sites for hydroxylation is 1.